The molecule has 1 aliphatic rings. The smallest absolute Gasteiger partial charge is 0.00258 e. The van der Waals surface area contributed by atoms with Crippen molar-refractivity contribution in [1.82, 2.24) is 0 Å². The van der Waals surface area contributed by atoms with Crippen molar-refractivity contribution in [2.45, 2.75) is 129 Å². The second-order valence-electron chi connectivity index (χ2n) is 9.40. The molecule has 1 saturated carbocycles. The Morgan fingerprint density at radius 2 is 1.18 bits per heavy atom. The van der Waals surface area contributed by atoms with E-state index in [1.165, 1.54) is 70.2 Å². The Labute approximate surface area is 251 Å². The summed E-state index contributed by atoms with van der Waals surface area (Å²) in [6.07, 6.45) is 9.52. The Hall–Kier alpha value is -2.60. The Morgan fingerprint density at radius 1 is 0.700 bits per heavy atom. The lowest BCUT2D eigenvalue weighted by Crippen LogP contribution is -2.04. The molecule has 0 atom stereocenters. The first-order chi connectivity index (χ1) is 19.5. The molecule has 0 saturated heterocycles. The summed E-state index contributed by atoms with van der Waals surface area (Å²) in [6, 6.07) is 19.8. The molecule has 0 spiro atoms. The largest absolute Gasteiger partial charge is 0.0984 e. The van der Waals surface area contributed by atoms with Gasteiger partial charge in [-0.2, -0.15) is 0 Å². The van der Waals surface area contributed by atoms with Gasteiger partial charge in [0.05, 0.1) is 0 Å². The maximum absolute atomic E-state index is 4.25. The second-order valence-corrected chi connectivity index (χ2v) is 9.40. The van der Waals surface area contributed by atoms with Crippen LogP contribution in [0.3, 0.4) is 0 Å². The molecule has 1 aliphatic carbocycles. The van der Waals surface area contributed by atoms with Gasteiger partial charge in [0.2, 0.25) is 0 Å². The Kier molecular flexibility index (Phi) is 23.9. The molecule has 40 heavy (non-hydrogen) atoms. The quantitative estimate of drug-likeness (QED) is 0.290. The van der Waals surface area contributed by atoms with E-state index in [4.69, 9.17) is 0 Å². The van der Waals surface area contributed by atoms with Gasteiger partial charge in [0, 0.05) is 0 Å². The third-order valence-electron chi connectivity index (χ3n) is 7.47. The summed E-state index contributed by atoms with van der Waals surface area (Å²) in [5.41, 5.74) is 12.5. The van der Waals surface area contributed by atoms with Gasteiger partial charge in [0.1, 0.15) is 0 Å². The molecule has 3 rings (SSSR count). The molecule has 2 aromatic carbocycles. The summed E-state index contributed by atoms with van der Waals surface area (Å²) in [7, 11) is 0. The van der Waals surface area contributed by atoms with Gasteiger partial charge >= 0.3 is 0 Å². The first-order valence-corrected chi connectivity index (χ1v) is 16.3. The van der Waals surface area contributed by atoms with E-state index < -0.39 is 0 Å². The Balaban J connectivity index is 0. The monoisotopic (exact) mass is 545 g/mol. The molecule has 0 heteroatoms. The van der Waals surface area contributed by atoms with Crippen LogP contribution in [0.2, 0.25) is 0 Å². The zero-order valence-electron chi connectivity index (χ0n) is 28.8. The van der Waals surface area contributed by atoms with E-state index in [9.17, 15) is 0 Å². The van der Waals surface area contributed by atoms with Gasteiger partial charge in [-0.25, -0.2) is 0 Å². The second kappa shape index (κ2) is 24.2. The van der Waals surface area contributed by atoms with Gasteiger partial charge in [-0.05, 0) is 98.3 Å². The standard InChI is InChI=1S/C32H40.4C2H6/c1-7-23(3)24(4)32(26(6)25(5)29-16-12-13-17-29)31(8-2)30-20-18-28(19-21-30)22-27-14-10-9-11-15-27;4*1-2/h8-11,14-15,18-21,29H,2,7,12-13,16-17,22H2,1,3-6H3;4*1-2H3/b24-23-,26-25+,32-31+;;;;. The summed E-state index contributed by atoms with van der Waals surface area (Å²) in [5.74, 6) is 0.735. The normalized spacial score (nSPS) is 14.1. The minimum Gasteiger partial charge on any atom is -0.0984 e. The number of rotatable bonds is 8. The zero-order chi connectivity index (χ0) is 31.1. The average Bonchev–Trinajstić information content (AvgIpc) is 3.59. The lowest BCUT2D eigenvalue weighted by Gasteiger charge is -2.22. The van der Waals surface area contributed by atoms with Crippen molar-refractivity contribution in [2.75, 3.05) is 0 Å². The van der Waals surface area contributed by atoms with Gasteiger partial charge in [-0.3, -0.25) is 0 Å². The van der Waals surface area contributed by atoms with Gasteiger partial charge in [0.15, 0.2) is 0 Å². The Bertz CT molecular complexity index is 1000. The molecule has 2 aromatic rings. The third kappa shape index (κ3) is 12.3. The summed E-state index contributed by atoms with van der Waals surface area (Å²) in [4.78, 5) is 0. The third-order valence-corrected chi connectivity index (χ3v) is 7.47. The van der Waals surface area contributed by atoms with Gasteiger partial charge < -0.3 is 0 Å². The summed E-state index contributed by atoms with van der Waals surface area (Å²) in [5, 5.41) is 0. The van der Waals surface area contributed by atoms with Crippen LogP contribution in [0.25, 0.3) is 5.57 Å². The molecule has 0 amide bonds. The fourth-order valence-corrected chi connectivity index (χ4v) is 5.02. The highest BCUT2D eigenvalue weighted by atomic mass is 14.3. The van der Waals surface area contributed by atoms with Crippen molar-refractivity contribution in [3.63, 3.8) is 0 Å². The van der Waals surface area contributed by atoms with Crippen molar-refractivity contribution >= 4 is 5.57 Å². The molecule has 0 aliphatic heterocycles. The van der Waals surface area contributed by atoms with Crippen LogP contribution in [0.15, 0.2) is 95.1 Å². The maximum atomic E-state index is 4.25. The number of benzene rings is 2. The van der Waals surface area contributed by atoms with Crippen molar-refractivity contribution in [2.24, 2.45) is 5.92 Å². The van der Waals surface area contributed by atoms with Crippen molar-refractivity contribution < 1.29 is 0 Å². The van der Waals surface area contributed by atoms with Crippen LogP contribution in [0, 0.1) is 5.92 Å². The Morgan fingerprint density at radius 3 is 1.62 bits per heavy atom. The molecule has 0 heterocycles. The summed E-state index contributed by atoms with van der Waals surface area (Å²) < 4.78 is 0. The zero-order valence-corrected chi connectivity index (χ0v) is 28.8. The molecule has 224 valence electrons. The highest BCUT2D eigenvalue weighted by Crippen LogP contribution is 2.39. The summed E-state index contributed by atoms with van der Waals surface area (Å²) >= 11 is 0. The van der Waals surface area contributed by atoms with Crippen molar-refractivity contribution in [1.29, 1.82) is 0 Å². The molecular weight excluding hydrogens is 480 g/mol. The first kappa shape index (κ1) is 39.5. The maximum Gasteiger partial charge on any atom is -0.00258 e. The predicted molar refractivity (Wildman–Crippen MR) is 187 cm³/mol. The molecule has 1 fully saturated rings. The highest BCUT2D eigenvalue weighted by molar-refractivity contribution is 5.83. The highest BCUT2D eigenvalue weighted by Gasteiger charge is 2.21. The first-order valence-electron chi connectivity index (χ1n) is 16.3. The molecule has 0 radical (unpaired) electrons. The van der Waals surface area contributed by atoms with Crippen LogP contribution in [-0.2, 0) is 6.42 Å². The fourth-order valence-electron chi connectivity index (χ4n) is 5.02. The van der Waals surface area contributed by atoms with E-state index in [1.807, 2.05) is 55.4 Å². The molecule has 0 N–H and O–H groups in total. The topological polar surface area (TPSA) is 0 Å². The van der Waals surface area contributed by atoms with E-state index in [0.717, 1.165) is 18.8 Å². The summed E-state index contributed by atoms with van der Waals surface area (Å²) in [6.45, 7) is 31.8. The van der Waals surface area contributed by atoms with Crippen LogP contribution in [0.4, 0.5) is 0 Å². The molecule has 0 unspecified atom stereocenters. The van der Waals surface area contributed by atoms with Crippen LogP contribution in [0.1, 0.15) is 139 Å². The lowest BCUT2D eigenvalue weighted by atomic mass is 9.83. The number of hydrogen-bond donors (Lipinski definition) is 0. The number of hydrogen-bond acceptors (Lipinski definition) is 0. The van der Waals surface area contributed by atoms with Crippen molar-refractivity contribution in [3.05, 3.63) is 112 Å². The van der Waals surface area contributed by atoms with Gasteiger partial charge in [-0.15, -0.1) is 0 Å². The molecule has 0 nitrogen and oxygen atoms in total. The van der Waals surface area contributed by atoms with Crippen LogP contribution >= 0.6 is 0 Å². The van der Waals surface area contributed by atoms with Gasteiger partial charge in [-0.1, -0.05) is 154 Å². The van der Waals surface area contributed by atoms with E-state index in [0.29, 0.717) is 0 Å². The average molecular weight is 545 g/mol. The number of allylic oxidation sites excluding steroid dienone is 7. The fraction of sp³-hybridized carbons (Fsp3) is 0.500. The van der Waals surface area contributed by atoms with Crippen LogP contribution < -0.4 is 0 Å². The van der Waals surface area contributed by atoms with E-state index >= 15 is 0 Å². The minimum atomic E-state index is 0.735. The van der Waals surface area contributed by atoms with Crippen LogP contribution in [0.5, 0.6) is 0 Å². The van der Waals surface area contributed by atoms with E-state index in [2.05, 4.69) is 102 Å². The van der Waals surface area contributed by atoms with E-state index in [-0.39, 0.29) is 0 Å². The molecule has 0 aromatic heterocycles. The molecular formula is C40H64. The van der Waals surface area contributed by atoms with E-state index in [1.54, 1.807) is 5.57 Å². The lowest BCUT2D eigenvalue weighted by molar-refractivity contribution is 0.636. The van der Waals surface area contributed by atoms with Crippen molar-refractivity contribution in [3.8, 4) is 0 Å². The molecule has 0 bridgehead atoms. The predicted octanol–water partition coefficient (Wildman–Crippen LogP) is 13.6. The minimum absolute atomic E-state index is 0.735. The SMILES string of the molecule is C=C/C(=C(C(/C)=C(/C)CC)\C(C)=C(/C)C1CCCC1)c1ccc(Cc2ccccc2)cc1.CC.CC.CC.CC. The van der Waals surface area contributed by atoms with Gasteiger partial charge in [0.25, 0.3) is 0 Å². The van der Waals surface area contributed by atoms with Crippen LogP contribution in [-0.4, -0.2) is 0 Å².